The molecule has 5 heteroatoms. The highest BCUT2D eigenvalue weighted by atomic mass is 79.9. The van der Waals surface area contributed by atoms with E-state index < -0.39 is 0 Å². The summed E-state index contributed by atoms with van der Waals surface area (Å²) in [7, 11) is 1.88. The van der Waals surface area contributed by atoms with Gasteiger partial charge in [0.2, 0.25) is 5.95 Å². The molecule has 1 aromatic heterocycles. The topological polar surface area (TPSA) is 43.8 Å². The van der Waals surface area contributed by atoms with Gasteiger partial charge in [-0.05, 0) is 24.5 Å². The average Bonchev–Trinajstić information content (AvgIpc) is 2.53. The molecule has 90 valence electrons. The molecule has 17 heavy (non-hydrogen) atoms. The first-order chi connectivity index (χ1) is 8.09. The molecular formula is C12H13BrClN3. The summed E-state index contributed by atoms with van der Waals surface area (Å²) in [6.45, 7) is 0. The molecule has 0 aliphatic heterocycles. The summed E-state index contributed by atoms with van der Waals surface area (Å²) >= 11 is 9.56. The lowest BCUT2D eigenvalue weighted by molar-refractivity contribution is 0.806. The number of rotatable bonds is 3. The summed E-state index contributed by atoms with van der Waals surface area (Å²) in [5.74, 6) is 0.456. The minimum atomic E-state index is 0.456. The van der Waals surface area contributed by atoms with Crippen LogP contribution >= 0.6 is 27.5 Å². The number of imidazole rings is 1. The number of anilines is 1. The number of halogens is 2. The Labute approximate surface area is 114 Å². The SMILES string of the molecule is Cn1c(N)nc(Cl)c1CCc1ccccc1Br. The van der Waals surface area contributed by atoms with Crippen molar-refractivity contribution in [2.75, 3.05) is 5.73 Å². The van der Waals surface area contributed by atoms with Gasteiger partial charge < -0.3 is 10.3 Å². The number of hydrogen-bond acceptors (Lipinski definition) is 2. The standard InChI is InChI=1S/C12H13BrClN3/c1-17-10(11(14)16-12(17)15)7-6-8-4-2-3-5-9(8)13/h2-5H,6-7H2,1H3,(H2,15,16). The largest absolute Gasteiger partial charge is 0.369 e. The molecule has 0 saturated carbocycles. The molecule has 0 bridgehead atoms. The molecule has 2 aromatic rings. The summed E-state index contributed by atoms with van der Waals surface area (Å²) < 4.78 is 2.95. The predicted molar refractivity (Wildman–Crippen MR) is 74.2 cm³/mol. The number of benzene rings is 1. The van der Waals surface area contributed by atoms with Crippen LogP contribution in [0.4, 0.5) is 5.95 Å². The summed E-state index contributed by atoms with van der Waals surface area (Å²) in [5.41, 5.74) is 7.92. The van der Waals surface area contributed by atoms with Crippen molar-refractivity contribution >= 4 is 33.5 Å². The minimum Gasteiger partial charge on any atom is -0.369 e. The van der Waals surface area contributed by atoms with Crippen LogP contribution in [0.2, 0.25) is 5.15 Å². The van der Waals surface area contributed by atoms with E-state index in [0.717, 1.165) is 23.0 Å². The highest BCUT2D eigenvalue weighted by Crippen LogP contribution is 2.22. The molecular weight excluding hydrogens is 302 g/mol. The number of nitrogen functional groups attached to an aromatic ring is 1. The van der Waals surface area contributed by atoms with Gasteiger partial charge in [0.1, 0.15) is 0 Å². The summed E-state index contributed by atoms with van der Waals surface area (Å²) in [4.78, 5) is 4.04. The van der Waals surface area contributed by atoms with Crippen molar-refractivity contribution in [2.24, 2.45) is 7.05 Å². The molecule has 0 radical (unpaired) electrons. The van der Waals surface area contributed by atoms with Crippen LogP contribution in [0, 0.1) is 0 Å². The smallest absolute Gasteiger partial charge is 0.201 e. The Hall–Kier alpha value is -1.00. The van der Waals surface area contributed by atoms with Gasteiger partial charge in [-0.1, -0.05) is 45.7 Å². The molecule has 0 unspecified atom stereocenters. The molecule has 2 N–H and O–H groups in total. The molecule has 1 heterocycles. The lowest BCUT2D eigenvalue weighted by Crippen LogP contribution is -2.03. The summed E-state index contributed by atoms with van der Waals surface area (Å²) in [6.07, 6.45) is 1.72. The Bertz CT molecular complexity index is 537. The minimum absolute atomic E-state index is 0.456. The average molecular weight is 315 g/mol. The fourth-order valence-electron chi connectivity index (χ4n) is 1.74. The van der Waals surface area contributed by atoms with Crippen LogP contribution in [0.15, 0.2) is 28.7 Å². The molecule has 2 rings (SSSR count). The lowest BCUT2D eigenvalue weighted by atomic mass is 10.1. The van der Waals surface area contributed by atoms with E-state index in [1.165, 1.54) is 5.56 Å². The Morgan fingerprint density at radius 1 is 1.35 bits per heavy atom. The van der Waals surface area contributed by atoms with Crippen molar-refractivity contribution in [3.05, 3.63) is 45.1 Å². The third-order valence-electron chi connectivity index (χ3n) is 2.79. The van der Waals surface area contributed by atoms with Gasteiger partial charge in [0, 0.05) is 11.5 Å². The van der Waals surface area contributed by atoms with E-state index in [4.69, 9.17) is 17.3 Å². The van der Waals surface area contributed by atoms with Gasteiger partial charge in [0.15, 0.2) is 5.15 Å². The highest BCUT2D eigenvalue weighted by molar-refractivity contribution is 9.10. The molecule has 1 aromatic carbocycles. The van der Waals surface area contributed by atoms with Crippen LogP contribution in [0.1, 0.15) is 11.3 Å². The molecule has 3 nitrogen and oxygen atoms in total. The van der Waals surface area contributed by atoms with Gasteiger partial charge >= 0.3 is 0 Å². The molecule has 0 fully saturated rings. The number of aryl methyl sites for hydroxylation is 1. The van der Waals surface area contributed by atoms with Crippen molar-refractivity contribution < 1.29 is 0 Å². The molecule has 0 atom stereocenters. The number of aromatic nitrogens is 2. The number of hydrogen-bond donors (Lipinski definition) is 1. The van der Waals surface area contributed by atoms with Crippen LogP contribution < -0.4 is 5.73 Å². The van der Waals surface area contributed by atoms with Crippen LogP contribution in [0.5, 0.6) is 0 Å². The quantitative estimate of drug-likeness (QED) is 0.945. The van der Waals surface area contributed by atoms with E-state index in [0.29, 0.717) is 11.1 Å². The fraction of sp³-hybridized carbons (Fsp3) is 0.250. The molecule has 0 amide bonds. The van der Waals surface area contributed by atoms with Crippen molar-refractivity contribution in [3.63, 3.8) is 0 Å². The Morgan fingerprint density at radius 2 is 2.06 bits per heavy atom. The second-order valence-corrected chi connectivity index (χ2v) is 5.07. The van der Waals surface area contributed by atoms with E-state index >= 15 is 0 Å². The Kier molecular flexibility index (Phi) is 3.74. The Balaban J connectivity index is 2.15. The van der Waals surface area contributed by atoms with Crippen LogP contribution in [0.25, 0.3) is 0 Å². The van der Waals surface area contributed by atoms with Crippen molar-refractivity contribution in [1.82, 2.24) is 9.55 Å². The summed E-state index contributed by atoms with van der Waals surface area (Å²) in [6, 6.07) is 8.16. The fourth-order valence-corrected chi connectivity index (χ4v) is 2.53. The zero-order valence-corrected chi connectivity index (χ0v) is 11.8. The molecule has 0 aliphatic rings. The Morgan fingerprint density at radius 3 is 2.65 bits per heavy atom. The van der Waals surface area contributed by atoms with E-state index in [2.05, 4.69) is 27.0 Å². The van der Waals surface area contributed by atoms with Crippen LogP contribution in [-0.4, -0.2) is 9.55 Å². The first-order valence-electron chi connectivity index (χ1n) is 5.29. The van der Waals surface area contributed by atoms with E-state index in [1.54, 1.807) is 0 Å². The summed E-state index contributed by atoms with van der Waals surface area (Å²) in [5, 5.41) is 0.497. The van der Waals surface area contributed by atoms with E-state index in [1.807, 2.05) is 29.8 Å². The zero-order chi connectivity index (χ0) is 12.4. The number of nitrogens with two attached hydrogens (primary N) is 1. The third-order valence-corrected chi connectivity index (χ3v) is 3.86. The number of nitrogens with zero attached hydrogens (tertiary/aromatic N) is 2. The third kappa shape index (κ3) is 2.64. The first-order valence-corrected chi connectivity index (χ1v) is 6.46. The maximum Gasteiger partial charge on any atom is 0.201 e. The maximum absolute atomic E-state index is 6.03. The van der Waals surface area contributed by atoms with Gasteiger partial charge in [0.05, 0.1) is 5.69 Å². The van der Waals surface area contributed by atoms with Gasteiger partial charge in [-0.25, -0.2) is 4.98 Å². The highest BCUT2D eigenvalue weighted by Gasteiger charge is 2.11. The second-order valence-electron chi connectivity index (χ2n) is 3.86. The van der Waals surface area contributed by atoms with E-state index in [-0.39, 0.29) is 0 Å². The van der Waals surface area contributed by atoms with Crippen LogP contribution in [-0.2, 0) is 19.9 Å². The zero-order valence-electron chi connectivity index (χ0n) is 9.45. The van der Waals surface area contributed by atoms with Gasteiger partial charge in [-0.2, -0.15) is 0 Å². The van der Waals surface area contributed by atoms with Gasteiger partial charge in [-0.3, -0.25) is 0 Å². The molecule has 0 aliphatic carbocycles. The normalized spacial score (nSPS) is 10.8. The lowest BCUT2D eigenvalue weighted by Gasteiger charge is -2.06. The molecule has 0 spiro atoms. The first kappa shape index (κ1) is 12.5. The van der Waals surface area contributed by atoms with Crippen molar-refractivity contribution in [2.45, 2.75) is 12.8 Å². The monoisotopic (exact) mass is 313 g/mol. The molecule has 0 saturated heterocycles. The van der Waals surface area contributed by atoms with Crippen LogP contribution in [0.3, 0.4) is 0 Å². The van der Waals surface area contributed by atoms with E-state index in [9.17, 15) is 0 Å². The van der Waals surface area contributed by atoms with Crippen molar-refractivity contribution in [1.29, 1.82) is 0 Å². The van der Waals surface area contributed by atoms with Crippen molar-refractivity contribution in [3.8, 4) is 0 Å². The maximum atomic E-state index is 6.03. The van der Waals surface area contributed by atoms with Gasteiger partial charge in [0.25, 0.3) is 0 Å². The second kappa shape index (κ2) is 5.10. The predicted octanol–water partition coefficient (Wildman–Crippen LogP) is 3.20. The van der Waals surface area contributed by atoms with Gasteiger partial charge in [-0.15, -0.1) is 0 Å².